The van der Waals surface area contributed by atoms with Gasteiger partial charge < -0.3 is 9.05 Å². The second-order valence-electron chi connectivity index (χ2n) is 8.69. The molecule has 1 aliphatic rings. The summed E-state index contributed by atoms with van der Waals surface area (Å²) in [6.45, 7) is 0. The largest absolute Gasteiger partial charge is 0.584 e. The molecule has 1 unspecified atom stereocenters. The Labute approximate surface area is 201 Å². The van der Waals surface area contributed by atoms with E-state index in [2.05, 4.69) is 24.3 Å². The molecule has 0 bridgehead atoms. The maximum atomic E-state index is 13.2. The van der Waals surface area contributed by atoms with Crippen LogP contribution in [0.4, 0.5) is 0 Å². The number of phosphoric ester groups is 1. The first kappa shape index (κ1) is 20.3. The third-order valence-electron chi connectivity index (χ3n) is 6.64. The van der Waals surface area contributed by atoms with E-state index in [0.717, 1.165) is 54.6 Å². The van der Waals surface area contributed by atoms with Gasteiger partial charge in [0.1, 0.15) is 11.5 Å². The van der Waals surface area contributed by atoms with Crippen molar-refractivity contribution in [2.24, 2.45) is 0 Å². The zero-order valence-corrected chi connectivity index (χ0v) is 19.4. The van der Waals surface area contributed by atoms with Gasteiger partial charge >= 0.3 is 7.82 Å². The summed E-state index contributed by atoms with van der Waals surface area (Å²) in [7, 11) is -4.46. The van der Waals surface area contributed by atoms with E-state index in [4.69, 9.17) is 9.05 Å². The molecule has 0 saturated carbocycles. The van der Waals surface area contributed by atoms with Crippen LogP contribution in [-0.2, 0) is 4.57 Å². The topological polar surface area (TPSA) is 55.8 Å². The lowest BCUT2D eigenvalue weighted by Gasteiger charge is -2.18. The average molecular weight is 474 g/mol. The molecule has 0 aliphatic carbocycles. The van der Waals surface area contributed by atoms with E-state index >= 15 is 0 Å². The summed E-state index contributed by atoms with van der Waals surface area (Å²) in [6.07, 6.45) is 0. The van der Waals surface area contributed by atoms with Gasteiger partial charge in [0.15, 0.2) is 0 Å². The Bertz CT molecular complexity index is 1850. The van der Waals surface area contributed by atoms with Gasteiger partial charge in [0, 0.05) is 16.7 Å². The van der Waals surface area contributed by atoms with Crippen molar-refractivity contribution in [3.8, 4) is 33.8 Å². The Balaban J connectivity index is 1.71. The minimum atomic E-state index is -4.46. The molecule has 0 aromatic heterocycles. The Kier molecular flexibility index (Phi) is 4.31. The molecule has 0 amide bonds. The van der Waals surface area contributed by atoms with Crippen molar-refractivity contribution in [3.63, 3.8) is 0 Å². The highest BCUT2D eigenvalue weighted by Crippen LogP contribution is 2.59. The molecular weight excluding hydrogens is 455 g/mol. The lowest BCUT2D eigenvalue weighted by Crippen LogP contribution is -1.99. The van der Waals surface area contributed by atoms with Crippen LogP contribution >= 0.6 is 7.82 Å². The molecule has 0 spiro atoms. The third-order valence-corrected chi connectivity index (χ3v) is 7.48. The van der Waals surface area contributed by atoms with Crippen molar-refractivity contribution in [2.75, 3.05) is 0 Å². The van der Waals surface area contributed by atoms with E-state index in [1.807, 2.05) is 78.9 Å². The van der Waals surface area contributed by atoms with Gasteiger partial charge in [-0.25, -0.2) is 4.57 Å². The minimum absolute atomic E-state index is 0.327. The van der Waals surface area contributed by atoms with Gasteiger partial charge in [0.05, 0.1) is 0 Å². The van der Waals surface area contributed by atoms with E-state index < -0.39 is 7.82 Å². The van der Waals surface area contributed by atoms with Gasteiger partial charge in [-0.2, -0.15) is 0 Å². The fraction of sp³-hybridized carbons (Fsp3) is 0. The zero-order chi connectivity index (χ0) is 23.6. The molecule has 4 nitrogen and oxygen atoms in total. The summed E-state index contributed by atoms with van der Waals surface area (Å²) in [6, 6.07) is 35.9. The van der Waals surface area contributed by atoms with E-state index in [9.17, 15) is 9.46 Å². The third kappa shape index (κ3) is 3.15. The van der Waals surface area contributed by atoms with Crippen molar-refractivity contribution < 1.29 is 18.5 Å². The molecule has 1 heterocycles. The molecule has 0 saturated heterocycles. The van der Waals surface area contributed by atoms with E-state index in [0.29, 0.717) is 11.5 Å². The molecule has 35 heavy (non-hydrogen) atoms. The number of phosphoric acid groups is 1. The lowest BCUT2D eigenvalue weighted by atomic mass is 9.87. The molecule has 1 aliphatic heterocycles. The smallest absolute Gasteiger partial charge is 0.395 e. The van der Waals surface area contributed by atoms with Gasteiger partial charge in [0.25, 0.3) is 0 Å². The first-order chi connectivity index (χ1) is 17.1. The monoisotopic (exact) mass is 474 g/mol. The van der Waals surface area contributed by atoms with E-state index in [-0.39, 0.29) is 0 Å². The maximum Gasteiger partial charge on any atom is 0.584 e. The fourth-order valence-corrected chi connectivity index (χ4v) is 6.03. The molecule has 6 aromatic rings. The number of rotatable bonds is 1. The average Bonchev–Trinajstić information content (AvgIpc) is 3.00. The van der Waals surface area contributed by atoms with Crippen LogP contribution in [0.5, 0.6) is 11.5 Å². The normalized spacial score (nSPS) is 16.8. The van der Waals surface area contributed by atoms with Crippen molar-refractivity contribution in [2.45, 2.75) is 0 Å². The highest BCUT2D eigenvalue weighted by Gasteiger charge is 2.36. The van der Waals surface area contributed by atoms with Crippen LogP contribution < -0.4 is 9.05 Å². The fourth-order valence-electron chi connectivity index (χ4n) is 5.18. The predicted molar refractivity (Wildman–Crippen MR) is 141 cm³/mol. The Morgan fingerprint density at radius 2 is 1.14 bits per heavy atom. The second-order valence-corrected chi connectivity index (χ2v) is 9.99. The first-order valence-electron chi connectivity index (χ1n) is 11.4. The molecule has 168 valence electrons. The minimum Gasteiger partial charge on any atom is -0.395 e. The van der Waals surface area contributed by atoms with Crippen molar-refractivity contribution in [1.82, 2.24) is 0 Å². The van der Waals surface area contributed by atoms with Crippen LogP contribution in [0, 0.1) is 0 Å². The van der Waals surface area contributed by atoms with Gasteiger partial charge in [-0.15, -0.1) is 0 Å². The van der Waals surface area contributed by atoms with E-state index in [1.54, 1.807) is 6.07 Å². The Morgan fingerprint density at radius 1 is 0.543 bits per heavy atom. The number of hydrogen-bond donors (Lipinski definition) is 1. The first-order valence-corrected chi connectivity index (χ1v) is 12.9. The van der Waals surface area contributed by atoms with Crippen molar-refractivity contribution in [1.29, 1.82) is 0 Å². The maximum absolute atomic E-state index is 13.2. The van der Waals surface area contributed by atoms with Crippen LogP contribution in [0.25, 0.3) is 54.6 Å². The summed E-state index contributed by atoms with van der Waals surface area (Å²) >= 11 is 0. The second kappa shape index (κ2) is 7.44. The van der Waals surface area contributed by atoms with Crippen LogP contribution in [0.2, 0.25) is 0 Å². The van der Waals surface area contributed by atoms with Gasteiger partial charge in [-0.05, 0) is 50.0 Å². The predicted octanol–water partition coefficient (Wildman–Crippen LogP) is 8.35. The Hall–Kier alpha value is -4.11. The highest BCUT2D eigenvalue weighted by molar-refractivity contribution is 7.48. The zero-order valence-electron chi connectivity index (χ0n) is 18.5. The van der Waals surface area contributed by atoms with Gasteiger partial charge in [-0.1, -0.05) is 97.1 Å². The molecular formula is C30H19O4P. The Morgan fingerprint density at radius 3 is 1.91 bits per heavy atom. The summed E-state index contributed by atoms with van der Waals surface area (Å²) < 4.78 is 24.8. The van der Waals surface area contributed by atoms with Gasteiger partial charge in [0.2, 0.25) is 0 Å². The molecule has 5 heteroatoms. The molecule has 0 fully saturated rings. The quantitative estimate of drug-likeness (QED) is 0.243. The molecule has 0 radical (unpaired) electrons. The van der Waals surface area contributed by atoms with Crippen LogP contribution in [0.15, 0.2) is 109 Å². The summed E-state index contributed by atoms with van der Waals surface area (Å²) in [5.41, 5.74) is 3.18. The summed E-state index contributed by atoms with van der Waals surface area (Å²) in [4.78, 5) is 10.8. The van der Waals surface area contributed by atoms with Crippen molar-refractivity contribution in [3.05, 3.63) is 109 Å². The van der Waals surface area contributed by atoms with E-state index in [1.165, 1.54) is 0 Å². The molecule has 1 N–H and O–H groups in total. The molecule has 6 aromatic carbocycles. The van der Waals surface area contributed by atoms with Gasteiger partial charge in [-0.3, -0.25) is 4.89 Å². The number of hydrogen-bond acceptors (Lipinski definition) is 3. The number of fused-ring (bicyclic) bond motifs is 8. The van der Waals surface area contributed by atoms with Crippen LogP contribution in [0.1, 0.15) is 0 Å². The number of benzene rings is 6. The van der Waals surface area contributed by atoms with Crippen LogP contribution in [0.3, 0.4) is 0 Å². The van der Waals surface area contributed by atoms with Crippen LogP contribution in [-0.4, -0.2) is 4.89 Å². The molecule has 1 atom stereocenters. The summed E-state index contributed by atoms with van der Waals surface area (Å²) in [5.74, 6) is 0.675. The lowest BCUT2D eigenvalue weighted by molar-refractivity contribution is 0.295. The van der Waals surface area contributed by atoms with Crippen molar-refractivity contribution >= 4 is 40.1 Å². The highest BCUT2D eigenvalue weighted by atomic mass is 31.2. The summed E-state index contributed by atoms with van der Waals surface area (Å²) in [5, 5.41) is 5.98. The SMILES string of the molecule is O=P1(O)Oc2ccc3ccccc3c2-c2c(c(-c3cccc4ccccc34)cc3ccccc23)O1. The standard InChI is InChI=1S/C30H19O4P/c31-35(32)33-27-17-16-20-9-2-5-13-23(20)28(27)29-24-14-6-3-10-21(24)18-26(30(29)34-35)25-15-7-11-19-8-1-4-12-22(19)25/h1-18H,(H,31,32). The molecule has 7 rings (SSSR count).